The van der Waals surface area contributed by atoms with Gasteiger partial charge in [-0.15, -0.1) is 0 Å². The summed E-state index contributed by atoms with van der Waals surface area (Å²) in [6.07, 6.45) is 0.299. The molecule has 5 nitrogen and oxygen atoms in total. The quantitative estimate of drug-likeness (QED) is 0.575. The van der Waals surface area contributed by atoms with E-state index in [-0.39, 0.29) is 28.8 Å². The van der Waals surface area contributed by atoms with Gasteiger partial charge in [-0.3, -0.25) is 4.79 Å². The normalized spacial score (nSPS) is 11.9. The summed E-state index contributed by atoms with van der Waals surface area (Å²) in [7, 11) is 0. The summed E-state index contributed by atoms with van der Waals surface area (Å²) in [4.78, 5) is 28.2. The molecule has 1 amide bonds. The van der Waals surface area contributed by atoms with E-state index in [1.165, 1.54) is 42.6 Å². The maximum atomic E-state index is 12.9. The van der Waals surface area contributed by atoms with Crippen LogP contribution < -0.4 is 5.32 Å². The largest absolute Gasteiger partial charge is 0.449 e. The van der Waals surface area contributed by atoms with Gasteiger partial charge < -0.3 is 10.1 Å². The molecule has 0 aliphatic heterocycles. The lowest BCUT2D eigenvalue weighted by Crippen LogP contribution is -2.32. The summed E-state index contributed by atoms with van der Waals surface area (Å²) in [5.41, 5.74) is 0.187. The molecule has 26 heavy (non-hydrogen) atoms. The molecule has 2 aromatic rings. The topological polar surface area (TPSA) is 68.3 Å². The Morgan fingerprint density at radius 2 is 1.92 bits per heavy atom. The Balaban J connectivity index is 2.08. The number of hydrogen-bond acceptors (Lipinski definition) is 5. The number of rotatable bonds is 7. The predicted octanol–water partition coefficient (Wildman–Crippen LogP) is 4.11. The molecule has 0 fully saturated rings. The van der Waals surface area contributed by atoms with Crippen molar-refractivity contribution in [1.82, 2.24) is 4.98 Å². The van der Waals surface area contributed by atoms with E-state index < -0.39 is 29.6 Å². The van der Waals surface area contributed by atoms with Crippen LogP contribution in [0, 0.1) is 5.82 Å². The Morgan fingerprint density at radius 3 is 2.54 bits per heavy atom. The van der Waals surface area contributed by atoms with Crippen LogP contribution in [0.3, 0.4) is 0 Å². The number of alkyl halides is 2. The molecule has 1 aromatic carbocycles. The highest BCUT2D eigenvalue weighted by molar-refractivity contribution is 7.99. The molecule has 2 rings (SSSR count). The first-order chi connectivity index (χ1) is 12.4. The monoisotopic (exact) mass is 384 g/mol. The molecular formula is C17H15F3N2O3S. The van der Waals surface area contributed by atoms with Crippen molar-refractivity contribution in [1.29, 1.82) is 0 Å². The van der Waals surface area contributed by atoms with Crippen molar-refractivity contribution < 1.29 is 27.5 Å². The Kier molecular flexibility index (Phi) is 7.02. The maximum Gasteiger partial charge on any atom is 0.341 e. The van der Waals surface area contributed by atoms with Gasteiger partial charge in [0.15, 0.2) is 6.10 Å². The molecule has 0 aliphatic carbocycles. The lowest BCUT2D eigenvalue weighted by Gasteiger charge is -2.17. The Bertz CT molecular complexity index is 772. The summed E-state index contributed by atoms with van der Waals surface area (Å²) in [5, 5.41) is 2.32. The molecule has 9 heteroatoms. The fourth-order valence-electron chi connectivity index (χ4n) is 2.00. The number of thioether (sulfide) groups is 1. The van der Waals surface area contributed by atoms with Crippen LogP contribution in [0.4, 0.5) is 18.9 Å². The first-order valence-electron chi connectivity index (χ1n) is 7.58. The lowest BCUT2D eigenvalue weighted by atomic mass is 10.2. The Hall–Kier alpha value is -2.55. The van der Waals surface area contributed by atoms with Gasteiger partial charge in [-0.05, 0) is 54.6 Å². The van der Waals surface area contributed by atoms with Crippen LogP contribution in [0.15, 0.2) is 47.6 Å². The van der Waals surface area contributed by atoms with Crippen LogP contribution >= 0.6 is 11.8 Å². The summed E-state index contributed by atoms with van der Waals surface area (Å²) >= 11 is 0.119. The number of pyridine rings is 1. The van der Waals surface area contributed by atoms with Gasteiger partial charge in [-0.25, -0.2) is 14.2 Å². The highest BCUT2D eigenvalue weighted by Crippen LogP contribution is 2.27. The zero-order chi connectivity index (χ0) is 19.1. The molecule has 1 aromatic heterocycles. The van der Waals surface area contributed by atoms with E-state index in [9.17, 15) is 22.8 Å². The molecule has 1 N–H and O–H groups in total. The minimum atomic E-state index is -2.75. The lowest BCUT2D eigenvalue weighted by molar-refractivity contribution is -0.124. The van der Waals surface area contributed by atoms with E-state index in [0.29, 0.717) is 5.69 Å². The standard InChI is InChI=1S/C17H15F3N2O3S/c1-2-13(14(23)22-11-7-5-10(18)6-8-11)25-16(24)12-4-3-9-21-15(12)26-17(19)20/h3-9,13,17H,2H2,1H3,(H,22,23)/t13-/m0/s1. The summed E-state index contributed by atoms with van der Waals surface area (Å²) in [6.45, 7) is 1.63. The first kappa shape index (κ1) is 19.8. The Morgan fingerprint density at radius 1 is 1.23 bits per heavy atom. The van der Waals surface area contributed by atoms with E-state index >= 15 is 0 Å². The molecule has 0 spiro atoms. The van der Waals surface area contributed by atoms with Crippen molar-refractivity contribution in [2.45, 2.75) is 30.2 Å². The second-order valence-corrected chi connectivity index (χ2v) is 6.01. The fraction of sp³-hybridized carbons (Fsp3) is 0.235. The molecule has 0 saturated heterocycles. The number of carbonyl (C=O) groups is 2. The molecule has 138 valence electrons. The number of aromatic nitrogens is 1. The molecule has 0 bridgehead atoms. The van der Waals surface area contributed by atoms with Gasteiger partial charge in [-0.2, -0.15) is 8.78 Å². The van der Waals surface area contributed by atoms with Crippen molar-refractivity contribution in [3.8, 4) is 0 Å². The van der Waals surface area contributed by atoms with Crippen LogP contribution in [0.2, 0.25) is 0 Å². The zero-order valence-electron chi connectivity index (χ0n) is 13.6. The van der Waals surface area contributed by atoms with Crippen LogP contribution in [-0.4, -0.2) is 28.7 Å². The average Bonchev–Trinajstić information content (AvgIpc) is 2.61. The number of nitrogens with zero attached hydrogens (tertiary/aromatic N) is 1. The van der Waals surface area contributed by atoms with Gasteiger partial charge in [0, 0.05) is 11.9 Å². The molecule has 0 unspecified atom stereocenters. The first-order valence-corrected chi connectivity index (χ1v) is 8.46. The van der Waals surface area contributed by atoms with Gasteiger partial charge >= 0.3 is 5.97 Å². The highest BCUT2D eigenvalue weighted by Gasteiger charge is 2.25. The average molecular weight is 384 g/mol. The molecule has 1 heterocycles. The van der Waals surface area contributed by atoms with Crippen molar-refractivity contribution in [2.24, 2.45) is 0 Å². The number of ether oxygens (including phenoxy) is 1. The smallest absolute Gasteiger partial charge is 0.341 e. The third-order valence-corrected chi connectivity index (χ3v) is 3.94. The summed E-state index contributed by atoms with van der Waals surface area (Å²) in [5.74, 6) is -4.75. The number of anilines is 1. The predicted molar refractivity (Wildman–Crippen MR) is 90.6 cm³/mol. The number of benzene rings is 1. The number of amides is 1. The molecule has 1 atom stereocenters. The van der Waals surface area contributed by atoms with E-state index in [1.807, 2.05) is 0 Å². The van der Waals surface area contributed by atoms with Crippen LogP contribution in [0.25, 0.3) is 0 Å². The van der Waals surface area contributed by atoms with Gasteiger partial charge in [0.25, 0.3) is 11.7 Å². The van der Waals surface area contributed by atoms with Gasteiger partial charge in [0.1, 0.15) is 10.8 Å². The summed E-state index contributed by atoms with van der Waals surface area (Å²) < 4.78 is 43.2. The minimum absolute atomic E-state index is 0.119. The molecule has 0 saturated carbocycles. The third-order valence-electron chi connectivity index (χ3n) is 3.22. The van der Waals surface area contributed by atoms with Crippen molar-refractivity contribution in [2.75, 3.05) is 5.32 Å². The SMILES string of the molecule is CC[C@H](OC(=O)c1cccnc1SC(F)F)C(=O)Nc1ccc(F)cc1. The summed E-state index contributed by atoms with van der Waals surface area (Å²) in [6, 6.07) is 7.77. The minimum Gasteiger partial charge on any atom is -0.449 e. The number of halogens is 3. The van der Waals surface area contributed by atoms with E-state index in [1.54, 1.807) is 6.92 Å². The van der Waals surface area contributed by atoms with Crippen molar-refractivity contribution in [3.63, 3.8) is 0 Å². The van der Waals surface area contributed by atoms with Gasteiger partial charge in [-0.1, -0.05) is 6.92 Å². The number of hydrogen-bond donors (Lipinski definition) is 1. The maximum absolute atomic E-state index is 12.9. The molecular weight excluding hydrogens is 369 g/mol. The van der Waals surface area contributed by atoms with Gasteiger partial charge in [0.05, 0.1) is 5.56 Å². The third kappa shape index (κ3) is 5.48. The van der Waals surface area contributed by atoms with Gasteiger partial charge in [0.2, 0.25) is 0 Å². The fourth-order valence-corrected chi connectivity index (χ4v) is 2.56. The number of esters is 1. The van der Waals surface area contributed by atoms with Crippen molar-refractivity contribution in [3.05, 3.63) is 54.0 Å². The number of carbonyl (C=O) groups excluding carboxylic acids is 2. The Labute approximate surface area is 152 Å². The van der Waals surface area contributed by atoms with E-state index in [0.717, 1.165) is 0 Å². The highest BCUT2D eigenvalue weighted by atomic mass is 32.2. The van der Waals surface area contributed by atoms with Crippen molar-refractivity contribution >= 4 is 29.3 Å². The zero-order valence-corrected chi connectivity index (χ0v) is 14.4. The second kappa shape index (κ2) is 9.23. The van der Waals surface area contributed by atoms with E-state index in [4.69, 9.17) is 4.74 Å². The van der Waals surface area contributed by atoms with E-state index in [2.05, 4.69) is 10.3 Å². The second-order valence-electron chi connectivity index (χ2n) is 5.03. The van der Waals surface area contributed by atoms with Crippen LogP contribution in [-0.2, 0) is 9.53 Å². The number of nitrogens with one attached hydrogen (secondary N) is 1. The van der Waals surface area contributed by atoms with Crippen LogP contribution in [0.5, 0.6) is 0 Å². The molecule has 0 aliphatic rings. The molecule has 0 radical (unpaired) electrons. The van der Waals surface area contributed by atoms with Crippen LogP contribution in [0.1, 0.15) is 23.7 Å².